The van der Waals surface area contributed by atoms with Gasteiger partial charge < -0.3 is 5.73 Å². The second-order valence-corrected chi connectivity index (χ2v) is 13.1. The lowest BCUT2D eigenvalue weighted by molar-refractivity contribution is -0.385. The summed E-state index contributed by atoms with van der Waals surface area (Å²) in [6, 6.07) is 12.9. The minimum atomic E-state index is -4.36. The number of aryl methyl sites for hydroxylation is 1. The molecule has 0 saturated carbocycles. The monoisotopic (exact) mass is 590 g/mol. The fourth-order valence-electron chi connectivity index (χ4n) is 4.99. The average molecular weight is 591 g/mol. The molecule has 0 fully saturated rings. The molecule has 3 N–H and O–H groups in total. The SMILES string of the molecule is CCCCCCCCCCCCCCCCCCc1ccccc1C(C)(C)N.O=[N+]([O-])c1cccc(S(=O)(=O)O)c1. The quantitative estimate of drug-likeness (QED) is 0.0685. The molecule has 0 unspecified atom stereocenters. The molecule has 0 radical (unpaired) electrons. The van der Waals surface area contributed by atoms with Gasteiger partial charge in [0.2, 0.25) is 0 Å². The number of nitrogens with zero attached hydrogens (tertiary/aromatic N) is 1. The van der Waals surface area contributed by atoms with E-state index in [1.54, 1.807) is 0 Å². The third kappa shape index (κ3) is 17.3. The molecular formula is C33H54N2O5S. The van der Waals surface area contributed by atoms with Gasteiger partial charge in [-0.15, -0.1) is 0 Å². The number of rotatable bonds is 20. The molecule has 0 atom stereocenters. The van der Waals surface area contributed by atoms with E-state index < -0.39 is 19.9 Å². The molecule has 232 valence electrons. The molecule has 2 aromatic rings. The molecule has 0 aromatic heterocycles. The lowest BCUT2D eigenvalue weighted by atomic mass is 9.89. The van der Waals surface area contributed by atoms with Gasteiger partial charge in [0.1, 0.15) is 4.90 Å². The molecule has 7 nitrogen and oxygen atoms in total. The summed E-state index contributed by atoms with van der Waals surface area (Å²) in [4.78, 5) is 8.98. The number of hydrogen-bond donors (Lipinski definition) is 2. The highest BCUT2D eigenvalue weighted by molar-refractivity contribution is 7.85. The molecular weight excluding hydrogens is 536 g/mol. The summed E-state index contributed by atoms with van der Waals surface area (Å²) in [5.74, 6) is 0. The summed E-state index contributed by atoms with van der Waals surface area (Å²) in [6.07, 6.45) is 24.0. The van der Waals surface area contributed by atoms with Gasteiger partial charge in [-0.05, 0) is 43.9 Å². The van der Waals surface area contributed by atoms with Crippen molar-refractivity contribution in [2.45, 2.75) is 140 Å². The number of non-ortho nitro benzene ring substituents is 1. The van der Waals surface area contributed by atoms with E-state index in [1.165, 1.54) is 126 Å². The van der Waals surface area contributed by atoms with Gasteiger partial charge in [-0.2, -0.15) is 8.42 Å². The first-order chi connectivity index (χ1) is 19.5. The van der Waals surface area contributed by atoms with Gasteiger partial charge in [-0.3, -0.25) is 14.7 Å². The third-order valence-electron chi connectivity index (χ3n) is 7.34. The molecule has 0 bridgehead atoms. The van der Waals surface area contributed by atoms with Gasteiger partial charge in [0, 0.05) is 17.7 Å². The van der Waals surface area contributed by atoms with Crippen molar-refractivity contribution in [2.24, 2.45) is 5.73 Å². The van der Waals surface area contributed by atoms with Crippen molar-refractivity contribution >= 4 is 15.8 Å². The summed E-state index contributed by atoms with van der Waals surface area (Å²) in [5.41, 5.74) is 8.47. The van der Waals surface area contributed by atoms with E-state index in [0.29, 0.717) is 0 Å². The van der Waals surface area contributed by atoms with Crippen molar-refractivity contribution in [3.8, 4) is 0 Å². The first-order valence-corrected chi connectivity index (χ1v) is 17.0. The highest BCUT2D eigenvalue weighted by atomic mass is 32.2. The number of nitrogens with two attached hydrogens (primary N) is 1. The molecule has 0 spiro atoms. The Labute approximate surface area is 249 Å². The zero-order valence-corrected chi connectivity index (χ0v) is 26.5. The van der Waals surface area contributed by atoms with Crippen molar-refractivity contribution < 1.29 is 17.9 Å². The number of nitro benzene ring substituents is 1. The van der Waals surface area contributed by atoms with Crippen LogP contribution in [0.4, 0.5) is 5.69 Å². The van der Waals surface area contributed by atoms with Crippen molar-refractivity contribution in [1.29, 1.82) is 0 Å². The van der Waals surface area contributed by atoms with Gasteiger partial charge in [-0.1, -0.05) is 134 Å². The zero-order valence-electron chi connectivity index (χ0n) is 25.7. The normalized spacial score (nSPS) is 11.6. The Morgan fingerprint density at radius 1 is 0.756 bits per heavy atom. The Morgan fingerprint density at radius 2 is 1.22 bits per heavy atom. The van der Waals surface area contributed by atoms with Gasteiger partial charge >= 0.3 is 0 Å². The summed E-state index contributed by atoms with van der Waals surface area (Å²) < 4.78 is 29.6. The van der Waals surface area contributed by atoms with Crippen LogP contribution in [0.2, 0.25) is 0 Å². The topological polar surface area (TPSA) is 124 Å². The summed E-state index contributed by atoms with van der Waals surface area (Å²) in [5, 5.41) is 10.2. The summed E-state index contributed by atoms with van der Waals surface area (Å²) >= 11 is 0. The second-order valence-electron chi connectivity index (χ2n) is 11.7. The van der Waals surface area contributed by atoms with Gasteiger partial charge in [0.05, 0.1) is 4.92 Å². The fraction of sp³-hybridized carbons (Fsp3) is 0.636. The van der Waals surface area contributed by atoms with Gasteiger partial charge in [0.25, 0.3) is 15.8 Å². The minimum absolute atomic E-state index is 0.231. The van der Waals surface area contributed by atoms with Crippen LogP contribution in [0, 0.1) is 10.1 Å². The van der Waals surface area contributed by atoms with E-state index in [9.17, 15) is 18.5 Å². The van der Waals surface area contributed by atoms with E-state index in [1.807, 2.05) is 0 Å². The predicted molar refractivity (Wildman–Crippen MR) is 170 cm³/mol. The summed E-state index contributed by atoms with van der Waals surface area (Å²) in [7, 11) is -4.36. The van der Waals surface area contributed by atoms with Gasteiger partial charge in [-0.25, -0.2) is 0 Å². The Hall–Kier alpha value is -2.29. The predicted octanol–water partition coefficient (Wildman–Crippen LogP) is 9.53. The maximum absolute atomic E-state index is 10.5. The minimum Gasteiger partial charge on any atom is -0.322 e. The maximum Gasteiger partial charge on any atom is 0.294 e. The zero-order chi connectivity index (χ0) is 30.6. The van der Waals surface area contributed by atoms with E-state index >= 15 is 0 Å². The molecule has 0 amide bonds. The molecule has 8 heteroatoms. The smallest absolute Gasteiger partial charge is 0.294 e. The van der Waals surface area contributed by atoms with Crippen LogP contribution < -0.4 is 5.73 Å². The molecule has 0 heterocycles. The lowest BCUT2D eigenvalue weighted by Gasteiger charge is -2.23. The highest BCUT2D eigenvalue weighted by Gasteiger charge is 2.17. The van der Waals surface area contributed by atoms with Crippen molar-refractivity contribution in [3.63, 3.8) is 0 Å². The third-order valence-corrected chi connectivity index (χ3v) is 8.19. The molecule has 2 rings (SSSR count). The van der Waals surface area contributed by atoms with Crippen molar-refractivity contribution in [2.75, 3.05) is 0 Å². The van der Waals surface area contributed by atoms with Gasteiger partial charge in [0.15, 0.2) is 0 Å². The number of hydrogen-bond acceptors (Lipinski definition) is 5. The molecule has 0 saturated heterocycles. The maximum atomic E-state index is 10.5. The Balaban J connectivity index is 0.000000537. The van der Waals surface area contributed by atoms with Crippen LogP contribution in [0.1, 0.15) is 135 Å². The highest BCUT2D eigenvalue weighted by Crippen LogP contribution is 2.23. The van der Waals surface area contributed by atoms with E-state index in [2.05, 4.69) is 45.0 Å². The number of nitro groups is 1. The van der Waals surface area contributed by atoms with Crippen LogP contribution in [0.3, 0.4) is 0 Å². The van der Waals surface area contributed by atoms with E-state index in [4.69, 9.17) is 10.3 Å². The van der Waals surface area contributed by atoms with Crippen molar-refractivity contribution in [3.05, 3.63) is 69.8 Å². The van der Waals surface area contributed by atoms with E-state index in [0.717, 1.165) is 18.2 Å². The Morgan fingerprint density at radius 3 is 1.66 bits per heavy atom. The van der Waals surface area contributed by atoms with Crippen LogP contribution in [-0.2, 0) is 22.1 Å². The molecule has 2 aromatic carbocycles. The molecule has 0 aliphatic rings. The van der Waals surface area contributed by atoms with Crippen LogP contribution >= 0.6 is 0 Å². The fourth-order valence-corrected chi connectivity index (χ4v) is 5.51. The first kappa shape index (κ1) is 36.7. The van der Waals surface area contributed by atoms with Crippen LogP contribution in [-0.4, -0.2) is 17.9 Å². The lowest BCUT2D eigenvalue weighted by Crippen LogP contribution is -2.30. The standard InChI is InChI=1S/C27H49N.C6H5NO5S/c1-4-5-6-7-8-9-10-11-12-13-14-15-16-17-18-19-22-25-23-20-21-24-26(25)27(2,3)28;8-7(9)5-2-1-3-6(4-5)13(10,11)12/h20-21,23-24H,4-19,22,28H2,1-3H3;1-4H,(H,10,11,12). The van der Waals surface area contributed by atoms with E-state index in [-0.39, 0.29) is 11.2 Å². The first-order valence-electron chi connectivity index (χ1n) is 15.6. The molecule has 0 aliphatic carbocycles. The Bertz CT molecular complexity index is 1100. The second kappa shape index (κ2) is 20.6. The number of benzene rings is 2. The molecule has 0 aliphatic heterocycles. The molecule has 41 heavy (non-hydrogen) atoms. The largest absolute Gasteiger partial charge is 0.322 e. The van der Waals surface area contributed by atoms with Crippen molar-refractivity contribution in [1.82, 2.24) is 0 Å². The number of unbranched alkanes of at least 4 members (excludes halogenated alkanes) is 15. The van der Waals surface area contributed by atoms with Crippen LogP contribution in [0.25, 0.3) is 0 Å². The average Bonchev–Trinajstić information content (AvgIpc) is 2.92. The van der Waals surface area contributed by atoms with Crippen LogP contribution in [0.5, 0.6) is 0 Å². The summed E-state index contributed by atoms with van der Waals surface area (Å²) in [6.45, 7) is 6.52. The van der Waals surface area contributed by atoms with Crippen LogP contribution in [0.15, 0.2) is 53.4 Å². The Kier molecular flexibility index (Phi) is 18.4.